The van der Waals surface area contributed by atoms with E-state index in [0.717, 1.165) is 0 Å². The minimum Gasteiger partial charge on any atom is -0.492 e. The van der Waals surface area contributed by atoms with E-state index in [0.29, 0.717) is 0 Å². The van der Waals surface area contributed by atoms with Gasteiger partial charge < -0.3 is 14.9 Å². The number of hydrogen-bond donors (Lipinski definition) is 2. The van der Waals surface area contributed by atoms with E-state index >= 15 is 0 Å². The molecule has 0 spiro atoms. The summed E-state index contributed by atoms with van der Waals surface area (Å²) < 4.78 is 22.9. The Balaban J connectivity index is 2.91. The molecular formula is C8H7FN2O3. The topological polar surface area (TPSA) is 81.2 Å². The van der Waals surface area contributed by atoms with E-state index in [4.69, 9.17) is 10.5 Å². The fraction of sp³-hybridized carbons (Fsp3) is 0.125. The predicted molar refractivity (Wildman–Crippen MR) is 47.8 cm³/mol. The van der Waals surface area contributed by atoms with E-state index in [1.165, 1.54) is 13.2 Å². The summed E-state index contributed by atoms with van der Waals surface area (Å²) in [6.07, 6.45) is 0. The van der Waals surface area contributed by atoms with Crippen molar-refractivity contribution in [1.82, 2.24) is 4.98 Å². The molecule has 0 atom stereocenters. The number of methoxy groups -OCH3 is 1. The minimum atomic E-state index is -0.730. The van der Waals surface area contributed by atoms with E-state index in [1.54, 1.807) is 0 Å². The Labute approximate surface area is 77.3 Å². The molecule has 0 saturated heterocycles. The van der Waals surface area contributed by atoms with Gasteiger partial charge in [-0.05, 0) is 0 Å². The summed E-state index contributed by atoms with van der Waals surface area (Å²) in [6.45, 7) is 0. The Hall–Kier alpha value is -1.98. The molecule has 0 unspecified atom stereocenters. The largest absolute Gasteiger partial charge is 0.492 e. The zero-order chi connectivity index (χ0) is 10.3. The molecule has 1 heterocycles. The van der Waals surface area contributed by atoms with Crippen LogP contribution in [0.1, 0.15) is 0 Å². The van der Waals surface area contributed by atoms with Crippen molar-refractivity contribution in [2.45, 2.75) is 0 Å². The number of halogens is 1. The van der Waals surface area contributed by atoms with Crippen LogP contribution in [-0.4, -0.2) is 12.1 Å². The Kier molecular flexibility index (Phi) is 1.70. The van der Waals surface area contributed by atoms with Gasteiger partial charge in [0.05, 0.1) is 12.8 Å². The fourth-order valence-corrected chi connectivity index (χ4v) is 1.26. The summed E-state index contributed by atoms with van der Waals surface area (Å²) in [5.74, 6) is -1.56. The second-order valence-corrected chi connectivity index (χ2v) is 2.70. The maximum atomic E-state index is 13.5. The zero-order valence-electron chi connectivity index (χ0n) is 7.26. The van der Waals surface area contributed by atoms with Gasteiger partial charge in [-0.15, -0.1) is 0 Å². The van der Waals surface area contributed by atoms with Crippen molar-refractivity contribution >= 4 is 16.8 Å². The minimum absolute atomic E-state index is 0.0407. The predicted octanol–water partition coefficient (Wildman–Crippen LogP) is 0.851. The maximum Gasteiger partial charge on any atom is 0.417 e. The Morgan fingerprint density at radius 3 is 3.00 bits per heavy atom. The highest BCUT2D eigenvalue weighted by Crippen LogP contribution is 2.30. The molecular weight excluding hydrogens is 191 g/mol. The second-order valence-electron chi connectivity index (χ2n) is 2.70. The van der Waals surface area contributed by atoms with Crippen molar-refractivity contribution in [2.75, 3.05) is 12.8 Å². The molecule has 1 aromatic heterocycles. The molecule has 1 aromatic carbocycles. The van der Waals surface area contributed by atoms with Gasteiger partial charge in [0.2, 0.25) is 0 Å². The van der Waals surface area contributed by atoms with Crippen LogP contribution in [0.25, 0.3) is 11.1 Å². The van der Waals surface area contributed by atoms with Gasteiger partial charge in [0.25, 0.3) is 0 Å². The van der Waals surface area contributed by atoms with E-state index in [1.807, 2.05) is 0 Å². The van der Waals surface area contributed by atoms with Gasteiger partial charge in [-0.2, -0.15) is 0 Å². The van der Waals surface area contributed by atoms with Crippen LogP contribution in [-0.2, 0) is 0 Å². The zero-order valence-corrected chi connectivity index (χ0v) is 7.26. The molecule has 5 nitrogen and oxygen atoms in total. The summed E-state index contributed by atoms with van der Waals surface area (Å²) in [6, 6.07) is 1.33. The normalized spacial score (nSPS) is 10.7. The van der Waals surface area contributed by atoms with Gasteiger partial charge in [-0.1, -0.05) is 0 Å². The first-order chi connectivity index (χ1) is 6.63. The van der Waals surface area contributed by atoms with Crippen molar-refractivity contribution in [1.29, 1.82) is 0 Å². The SMILES string of the molecule is COc1c(N)cc2oc(=O)[nH]c2c1F. The van der Waals surface area contributed by atoms with Crippen LogP contribution in [0.15, 0.2) is 15.3 Å². The van der Waals surface area contributed by atoms with Gasteiger partial charge in [-0.3, -0.25) is 4.98 Å². The molecule has 0 radical (unpaired) electrons. The number of fused-ring (bicyclic) bond motifs is 1. The molecule has 0 aliphatic carbocycles. The molecule has 0 aliphatic rings. The number of benzene rings is 1. The molecule has 0 bridgehead atoms. The summed E-state index contributed by atoms with van der Waals surface area (Å²) >= 11 is 0. The number of oxazole rings is 1. The van der Waals surface area contributed by atoms with Gasteiger partial charge in [-0.25, -0.2) is 9.18 Å². The first kappa shape index (κ1) is 8.61. The molecule has 0 amide bonds. The first-order valence-corrected chi connectivity index (χ1v) is 3.78. The summed E-state index contributed by atoms with van der Waals surface area (Å²) in [7, 11) is 1.29. The maximum absolute atomic E-state index is 13.5. The van der Waals surface area contributed by atoms with Crippen LogP contribution < -0.4 is 16.2 Å². The van der Waals surface area contributed by atoms with Crippen LogP contribution in [0.3, 0.4) is 0 Å². The summed E-state index contributed by atoms with van der Waals surface area (Å²) in [5, 5.41) is 0. The number of anilines is 1. The van der Waals surface area contributed by atoms with Crippen LogP contribution in [0.4, 0.5) is 10.1 Å². The average molecular weight is 198 g/mol. The van der Waals surface area contributed by atoms with Gasteiger partial charge in [0, 0.05) is 6.07 Å². The molecule has 2 rings (SSSR count). The lowest BCUT2D eigenvalue weighted by Gasteiger charge is -2.04. The molecule has 0 aliphatic heterocycles. The lowest BCUT2D eigenvalue weighted by atomic mass is 10.2. The Bertz CT molecular complexity index is 543. The number of nitrogens with one attached hydrogen (secondary N) is 1. The number of rotatable bonds is 1. The number of aromatic amines is 1. The average Bonchev–Trinajstić information content (AvgIpc) is 2.47. The highest BCUT2D eigenvalue weighted by atomic mass is 19.1. The molecule has 2 aromatic rings. The highest BCUT2D eigenvalue weighted by molar-refractivity contribution is 5.81. The van der Waals surface area contributed by atoms with Gasteiger partial charge in [0.1, 0.15) is 5.52 Å². The third-order valence-corrected chi connectivity index (χ3v) is 1.85. The fourth-order valence-electron chi connectivity index (χ4n) is 1.26. The molecule has 14 heavy (non-hydrogen) atoms. The van der Waals surface area contributed by atoms with E-state index < -0.39 is 11.6 Å². The van der Waals surface area contributed by atoms with Crippen molar-refractivity contribution in [2.24, 2.45) is 0 Å². The molecule has 3 N–H and O–H groups in total. The quantitative estimate of drug-likeness (QED) is 0.665. The second kappa shape index (κ2) is 2.76. The lowest BCUT2D eigenvalue weighted by molar-refractivity contribution is 0.391. The number of ether oxygens (including phenoxy) is 1. The van der Waals surface area contributed by atoms with Crippen molar-refractivity contribution in [3.8, 4) is 5.75 Å². The van der Waals surface area contributed by atoms with Crippen molar-refractivity contribution in [3.63, 3.8) is 0 Å². The molecule has 0 saturated carbocycles. The van der Waals surface area contributed by atoms with E-state index in [-0.39, 0.29) is 22.5 Å². The summed E-state index contributed by atoms with van der Waals surface area (Å²) in [4.78, 5) is 13.0. The number of nitrogens with two attached hydrogens (primary N) is 1. The first-order valence-electron chi connectivity index (χ1n) is 3.78. The van der Waals surface area contributed by atoms with Crippen molar-refractivity contribution in [3.05, 3.63) is 22.4 Å². The monoisotopic (exact) mass is 198 g/mol. The number of H-pyrrole nitrogens is 1. The van der Waals surface area contributed by atoms with Crippen LogP contribution in [0.2, 0.25) is 0 Å². The smallest absolute Gasteiger partial charge is 0.417 e. The Morgan fingerprint density at radius 2 is 2.36 bits per heavy atom. The summed E-state index contributed by atoms with van der Waals surface area (Å²) in [5.41, 5.74) is 5.58. The van der Waals surface area contributed by atoms with Crippen LogP contribution in [0, 0.1) is 5.82 Å². The highest BCUT2D eigenvalue weighted by Gasteiger charge is 2.15. The third kappa shape index (κ3) is 1.04. The lowest BCUT2D eigenvalue weighted by Crippen LogP contribution is -1.97. The standard InChI is InChI=1S/C8H7FN2O3/c1-13-7-3(10)2-4-6(5(7)9)11-8(12)14-4/h2H,10H2,1H3,(H,11,12). The van der Waals surface area contributed by atoms with Gasteiger partial charge >= 0.3 is 5.76 Å². The van der Waals surface area contributed by atoms with Crippen LogP contribution >= 0.6 is 0 Å². The Morgan fingerprint density at radius 1 is 1.64 bits per heavy atom. The number of nitrogen functional groups attached to an aromatic ring is 1. The number of aromatic nitrogens is 1. The molecule has 0 fully saturated rings. The van der Waals surface area contributed by atoms with Gasteiger partial charge in [0.15, 0.2) is 17.1 Å². The van der Waals surface area contributed by atoms with Crippen molar-refractivity contribution < 1.29 is 13.5 Å². The van der Waals surface area contributed by atoms with E-state index in [2.05, 4.69) is 9.40 Å². The number of hydrogen-bond acceptors (Lipinski definition) is 4. The third-order valence-electron chi connectivity index (χ3n) is 1.85. The van der Waals surface area contributed by atoms with Crippen LogP contribution in [0.5, 0.6) is 5.75 Å². The van der Waals surface area contributed by atoms with E-state index in [9.17, 15) is 9.18 Å². The molecule has 6 heteroatoms. The molecule has 74 valence electrons.